The second kappa shape index (κ2) is 9.59. The highest BCUT2D eigenvalue weighted by Crippen LogP contribution is 2.47. The van der Waals surface area contributed by atoms with Gasteiger partial charge in [0.2, 0.25) is 0 Å². The number of benzene rings is 2. The standard InChI is InChI=1S/C25H23ClFN3O5/c26-18-2-1-3-19(31)21(18)22-20(34-13-15-4-6-28-7-5-15)10-16-11-29-8-9-30(25(32)33)12-17(29)14-35-24(16)23(22)27/h1-7,10,17,31H,8-9,11-14H2,(H,32,33)/t17-/m1/s1. The molecule has 10 heteroatoms. The number of rotatable bonds is 4. The van der Waals surface area contributed by atoms with Gasteiger partial charge in [-0.15, -0.1) is 0 Å². The molecule has 1 atom stereocenters. The first-order valence-corrected chi connectivity index (χ1v) is 11.5. The molecule has 182 valence electrons. The number of piperazine rings is 1. The maximum absolute atomic E-state index is 16.1. The zero-order valence-corrected chi connectivity index (χ0v) is 19.4. The SMILES string of the molecule is O=C(O)N1CCN2Cc3cc(OCc4ccncc4)c(-c4c(O)cccc4Cl)c(F)c3OC[C@H]2C1. The number of aromatic hydroxyl groups is 1. The molecule has 1 amide bonds. The van der Waals surface area contributed by atoms with Crippen molar-refractivity contribution in [2.24, 2.45) is 0 Å². The number of fused-ring (bicyclic) bond motifs is 2. The molecule has 3 heterocycles. The fourth-order valence-electron chi connectivity index (χ4n) is 4.51. The number of carbonyl (C=O) groups is 1. The van der Waals surface area contributed by atoms with Crippen LogP contribution in [0.25, 0.3) is 11.1 Å². The molecule has 8 nitrogen and oxygen atoms in total. The van der Waals surface area contributed by atoms with Crippen LogP contribution in [0.2, 0.25) is 5.02 Å². The van der Waals surface area contributed by atoms with Crippen LogP contribution in [0.5, 0.6) is 17.2 Å². The van der Waals surface area contributed by atoms with E-state index >= 15 is 4.39 Å². The van der Waals surface area contributed by atoms with Gasteiger partial charge in [0.15, 0.2) is 11.6 Å². The van der Waals surface area contributed by atoms with E-state index in [0.29, 0.717) is 25.2 Å². The molecule has 0 spiro atoms. The lowest BCUT2D eigenvalue weighted by Gasteiger charge is -2.38. The Morgan fingerprint density at radius 1 is 1.23 bits per heavy atom. The van der Waals surface area contributed by atoms with E-state index in [-0.39, 0.29) is 59.2 Å². The number of hydrogen-bond acceptors (Lipinski definition) is 6. The normalized spacial score (nSPS) is 17.7. The monoisotopic (exact) mass is 499 g/mol. The van der Waals surface area contributed by atoms with Crippen molar-refractivity contribution in [3.63, 3.8) is 0 Å². The number of phenolic OH excluding ortho intramolecular Hbond substituents is 1. The molecule has 2 aromatic carbocycles. The maximum Gasteiger partial charge on any atom is 0.407 e. The van der Waals surface area contributed by atoms with Crippen molar-refractivity contribution in [2.75, 3.05) is 26.2 Å². The van der Waals surface area contributed by atoms with Crippen molar-refractivity contribution in [1.82, 2.24) is 14.8 Å². The quantitative estimate of drug-likeness (QED) is 0.550. The van der Waals surface area contributed by atoms with Crippen LogP contribution >= 0.6 is 11.6 Å². The van der Waals surface area contributed by atoms with Gasteiger partial charge in [0.05, 0.1) is 16.6 Å². The van der Waals surface area contributed by atoms with Gasteiger partial charge in [-0.3, -0.25) is 9.88 Å². The molecule has 0 aliphatic carbocycles. The molecule has 0 unspecified atom stereocenters. The molecule has 0 radical (unpaired) electrons. The highest BCUT2D eigenvalue weighted by Gasteiger charge is 2.35. The van der Waals surface area contributed by atoms with Gasteiger partial charge in [0.1, 0.15) is 24.7 Å². The average molecular weight is 500 g/mol. The summed E-state index contributed by atoms with van der Waals surface area (Å²) >= 11 is 6.39. The van der Waals surface area contributed by atoms with Gasteiger partial charge in [0.25, 0.3) is 0 Å². The zero-order chi connectivity index (χ0) is 24.5. The minimum atomic E-state index is -0.985. The van der Waals surface area contributed by atoms with Gasteiger partial charge in [-0.05, 0) is 35.9 Å². The third-order valence-electron chi connectivity index (χ3n) is 6.32. The predicted molar refractivity (Wildman–Crippen MR) is 126 cm³/mol. The molecule has 1 fully saturated rings. The first kappa shape index (κ1) is 23.2. The number of nitrogens with zero attached hydrogens (tertiary/aromatic N) is 3. The molecule has 1 saturated heterocycles. The van der Waals surface area contributed by atoms with Crippen molar-refractivity contribution >= 4 is 17.7 Å². The van der Waals surface area contributed by atoms with Crippen LogP contribution in [0.15, 0.2) is 48.8 Å². The summed E-state index contributed by atoms with van der Waals surface area (Å²) in [4.78, 5) is 18.9. The molecular weight excluding hydrogens is 477 g/mol. The highest BCUT2D eigenvalue weighted by atomic mass is 35.5. The van der Waals surface area contributed by atoms with Gasteiger partial charge in [-0.25, -0.2) is 9.18 Å². The van der Waals surface area contributed by atoms with E-state index in [4.69, 9.17) is 21.1 Å². The molecular formula is C25H23ClFN3O5. The largest absolute Gasteiger partial charge is 0.507 e. The molecule has 3 aromatic rings. The molecule has 1 aromatic heterocycles. The van der Waals surface area contributed by atoms with Crippen LogP contribution in [-0.4, -0.2) is 63.4 Å². The second-order valence-corrected chi connectivity index (χ2v) is 8.90. The molecule has 2 aliphatic heterocycles. The Labute approximate surface area is 206 Å². The third-order valence-corrected chi connectivity index (χ3v) is 6.63. The van der Waals surface area contributed by atoms with Gasteiger partial charge < -0.3 is 24.6 Å². The van der Waals surface area contributed by atoms with Gasteiger partial charge in [-0.1, -0.05) is 17.7 Å². The minimum absolute atomic E-state index is 0.00735. The van der Waals surface area contributed by atoms with Crippen LogP contribution in [-0.2, 0) is 13.2 Å². The molecule has 0 bridgehead atoms. The molecule has 0 saturated carbocycles. The summed E-state index contributed by atoms with van der Waals surface area (Å²) in [5.74, 6) is -0.613. The molecule has 5 rings (SSSR count). The van der Waals surface area contributed by atoms with Crippen molar-refractivity contribution < 1.29 is 28.9 Å². The molecule has 2 aliphatic rings. The number of amides is 1. The van der Waals surface area contributed by atoms with Crippen molar-refractivity contribution in [1.29, 1.82) is 0 Å². The lowest BCUT2D eigenvalue weighted by Crippen LogP contribution is -2.55. The van der Waals surface area contributed by atoms with Crippen LogP contribution in [0.4, 0.5) is 9.18 Å². The fraction of sp³-hybridized carbons (Fsp3) is 0.280. The number of ether oxygens (including phenoxy) is 2. The van der Waals surface area contributed by atoms with E-state index in [0.717, 1.165) is 5.56 Å². The van der Waals surface area contributed by atoms with Gasteiger partial charge in [0, 0.05) is 49.7 Å². The van der Waals surface area contributed by atoms with Crippen molar-refractivity contribution in [2.45, 2.75) is 19.2 Å². The van der Waals surface area contributed by atoms with Crippen LogP contribution in [0, 0.1) is 5.82 Å². The Morgan fingerprint density at radius 2 is 2.03 bits per heavy atom. The third kappa shape index (κ3) is 4.56. The fourth-order valence-corrected chi connectivity index (χ4v) is 4.77. The van der Waals surface area contributed by atoms with E-state index in [9.17, 15) is 15.0 Å². The summed E-state index contributed by atoms with van der Waals surface area (Å²) in [6.45, 7) is 1.78. The Hall–Kier alpha value is -3.56. The number of carboxylic acid groups (broad SMARTS) is 1. The number of pyridine rings is 1. The average Bonchev–Trinajstić information content (AvgIpc) is 3.03. The first-order valence-electron chi connectivity index (χ1n) is 11.1. The van der Waals surface area contributed by atoms with Crippen LogP contribution in [0.3, 0.4) is 0 Å². The lowest BCUT2D eigenvalue weighted by molar-refractivity contribution is 0.0499. The second-order valence-electron chi connectivity index (χ2n) is 8.49. The van der Waals surface area contributed by atoms with Crippen LogP contribution in [0.1, 0.15) is 11.1 Å². The Balaban J connectivity index is 1.57. The summed E-state index contributed by atoms with van der Waals surface area (Å²) in [5, 5.41) is 20.1. The Kier molecular flexibility index (Phi) is 6.36. The maximum atomic E-state index is 16.1. The van der Waals surface area contributed by atoms with E-state index in [1.165, 1.54) is 11.0 Å². The van der Waals surface area contributed by atoms with Crippen molar-refractivity contribution in [3.8, 4) is 28.4 Å². The summed E-state index contributed by atoms with van der Waals surface area (Å²) < 4.78 is 28.1. The molecule has 2 N–H and O–H groups in total. The lowest BCUT2D eigenvalue weighted by atomic mass is 9.99. The summed E-state index contributed by atoms with van der Waals surface area (Å²) in [6, 6.07) is 9.65. The van der Waals surface area contributed by atoms with E-state index in [1.54, 1.807) is 42.7 Å². The highest BCUT2D eigenvalue weighted by molar-refractivity contribution is 6.33. The number of hydrogen-bond donors (Lipinski definition) is 2. The number of aromatic nitrogens is 1. The topological polar surface area (TPSA) is 95.4 Å². The Morgan fingerprint density at radius 3 is 2.77 bits per heavy atom. The predicted octanol–water partition coefficient (Wildman–Crippen LogP) is 4.38. The van der Waals surface area contributed by atoms with E-state index < -0.39 is 11.9 Å². The van der Waals surface area contributed by atoms with E-state index in [2.05, 4.69) is 9.88 Å². The van der Waals surface area contributed by atoms with Crippen molar-refractivity contribution in [3.05, 3.63) is 70.8 Å². The first-order chi connectivity index (χ1) is 16.9. The Bertz CT molecular complexity index is 1240. The zero-order valence-electron chi connectivity index (χ0n) is 18.7. The summed E-state index contributed by atoms with van der Waals surface area (Å²) in [6.07, 6.45) is 2.30. The minimum Gasteiger partial charge on any atom is -0.507 e. The smallest absolute Gasteiger partial charge is 0.407 e. The van der Waals surface area contributed by atoms with E-state index in [1.807, 2.05) is 0 Å². The summed E-state index contributed by atoms with van der Waals surface area (Å²) in [5.41, 5.74) is 1.54. The molecule has 35 heavy (non-hydrogen) atoms. The number of phenols is 1. The van der Waals surface area contributed by atoms with Crippen LogP contribution < -0.4 is 9.47 Å². The number of halogens is 2. The van der Waals surface area contributed by atoms with Gasteiger partial charge >= 0.3 is 6.09 Å². The van der Waals surface area contributed by atoms with Gasteiger partial charge in [-0.2, -0.15) is 0 Å². The summed E-state index contributed by atoms with van der Waals surface area (Å²) in [7, 11) is 0.